The van der Waals surface area contributed by atoms with Crippen LogP contribution in [0.5, 0.6) is 0 Å². The van der Waals surface area contributed by atoms with Gasteiger partial charge in [0.1, 0.15) is 0 Å². The molecule has 19 heavy (non-hydrogen) atoms. The summed E-state index contributed by atoms with van der Waals surface area (Å²) < 4.78 is 7.33. The first-order chi connectivity index (χ1) is 9.02. The summed E-state index contributed by atoms with van der Waals surface area (Å²) in [6.45, 7) is 6.26. The second-order valence-electron chi connectivity index (χ2n) is 5.07. The highest BCUT2D eigenvalue weighted by atomic mass is 16.5. The van der Waals surface area contributed by atoms with Gasteiger partial charge in [-0.3, -0.25) is 4.68 Å². The molecule has 3 heteroatoms. The zero-order valence-electron chi connectivity index (χ0n) is 12.4. The smallest absolute Gasteiger partial charge is 0.0793 e. The van der Waals surface area contributed by atoms with Crippen molar-refractivity contribution >= 4 is 0 Å². The summed E-state index contributed by atoms with van der Waals surface area (Å²) in [4.78, 5) is 0. The van der Waals surface area contributed by atoms with Gasteiger partial charge < -0.3 is 4.74 Å². The largest absolute Gasteiger partial charge is 0.377 e. The number of hydrogen-bond acceptors (Lipinski definition) is 2. The molecule has 1 unspecified atom stereocenters. The molecular formula is C16H22N2O. The fourth-order valence-electron chi connectivity index (χ4n) is 2.37. The van der Waals surface area contributed by atoms with Crippen molar-refractivity contribution in [1.82, 2.24) is 9.78 Å². The molecule has 0 N–H and O–H groups in total. The molecule has 0 bridgehead atoms. The number of hydrogen-bond donors (Lipinski definition) is 0. The highest BCUT2D eigenvalue weighted by Crippen LogP contribution is 2.21. The molecule has 2 rings (SSSR count). The Kier molecular flexibility index (Phi) is 4.05. The zero-order chi connectivity index (χ0) is 14.0. The molecule has 0 radical (unpaired) electrons. The molecule has 2 aromatic rings. The highest BCUT2D eigenvalue weighted by molar-refractivity contribution is 5.34. The molecule has 1 heterocycles. The molecule has 0 saturated heterocycles. The Morgan fingerprint density at radius 3 is 2.63 bits per heavy atom. The van der Waals surface area contributed by atoms with E-state index in [-0.39, 0.29) is 6.10 Å². The van der Waals surface area contributed by atoms with Crippen molar-refractivity contribution in [2.45, 2.75) is 33.3 Å². The molecule has 1 aromatic carbocycles. The Balaban J connectivity index is 2.28. The number of nitrogens with zero attached hydrogens (tertiary/aromatic N) is 2. The van der Waals surface area contributed by atoms with Gasteiger partial charge in [0.15, 0.2) is 0 Å². The van der Waals surface area contributed by atoms with E-state index in [1.807, 2.05) is 11.7 Å². The molecule has 102 valence electrons. The van der Waals surface area contributed by atoms with Gasteiger partial charge in [0.25, 0.3) is 0 Å². The number of rotatable bonds is 4. The van der Waals surface area contributed by atoms with Crippen LogP contribution < -0.4 is 0 Å². The fourth-order valence-corrected chi connectivity index (χ4v) is 2.37. The third kappa shape index (κ3) is 2.87. The van der Waals surface area contributed by atoms with Crippen molar-refractivity contribution in [3.8, 4) is 0 Å². The molecule has 0 saturated carbocycles. The van der Waals surface area contributed by atoms with E-state index in [0.29, 0.717) is 0 Å². The minimum atomic E-state index is 0.135. The van der Waals surface area contributed by atoms with Gasteiger partial charge in [-0.15, -0.1) is 0 Å². The van der Waals surface area contributed by atoms with E-state index < -0.39 is 0 Å². The van der Waals surface area contributed by atoms with Crippen LogP contribution in [0.15, 0.2) is 24.3 Å². The first kappa shape index (κ1) is 13.8. The Bertz CT molecular complexity index is 572. The van der Waals surface area contributed by atoms with Gasteiger partial charge in [0.2, 0.25) is 0 Å². The highest BCUT2D eigenvalue weighted by Gasteiger charge is 2.11. The molecule has 0 spiro atoms. The van der Waals surface area contributed by atoms with Crippen LogP contribution >= 0.6 is 0 Å². The van der Waals surface area contributed by atoms with E-state index in [9.17, 15) is 0 Å². The number of methoxy groups -OCH3 is 1. The number of benzene rings is 1. The summed E-state index contributed by atoms with van der Waals surface area (Å²) in [5.41, 5.74) is 6.21. The maximum atomic E-state index is 5.38. The average molecular weight is 258 g/mol. The van der Waals surface area contributed by atoms with Gasteiger partial charge in [-0.05, 0) is 31.9 Å². The topological polar surface area (TPSA) is 27.1 Å². The Morgan fingerprint density at radius 1 is 1.32 bits per heavy atom. The van der Waals surface area contributed by atoms with Crippen molar-refractivity contribution in [3.05, 3.63) is 52.3 Å². The predicted octanol–water partition coefficient (Wildman–Crippen LogP) is 3.34. The molecule has 0 aliphatic heterocycles. The quantitative estimate of drug-likeness (QED) is 0.841. The Hall–Kier alpha value is -1.61. The second kappa shape index (κ2) is 5.57. The van der Waals surface area contributed by atoms with Gasteiger partial charge in [-0.1, -0.05) is 24.3 Å². The average Bonchev–Trinajstić information content (AvgIpc) is 2.65. The fraction of sp³-hybridized carbons (Fsp3) is 0.438. The monoisotopic (exact) mass is 258 g/mol. The first-order valence-corrected chi connectivity index (χ1v) is 6.63. The third-order valence-corrected chi connectivity index (χ3v) is 3.81. The van der Waals surface area contributed by atoms with Gasteiger partial charge in [-0.25, -0.2) is 0 Å². The van der Waals surface area contributed by atoms with Gasteiger partial charge in [-0.2, -0.15) is 5.10 Å². The van der Waals surface area contributed by atoms with Crippen LogP contribution in [0.2, 0.25) is 0 Å². The lowest BCUT2D eigenvalue weighted by Gasteiger charge is -2.11. The normalized spacial score (nSPS) is 12.7. The van der Waals surface area contributed by atoms with Crippen LogP contribution in [0.25, 0.3) is 0 Å². The van der Waals surface area contributed by atoms with Crippen molar-refractivity contribution in [3.63, 3.8) is 0 Å². The van der Waals surface area contributed by atoms with E-state index in [2.05, 4.69) is 50.1 Å². The SMILES string of the molecule is COC(C)c1cccc(Cc2c(C)nn(C)c2C)c1. The van der Waals surface area contributed by atoms with Crippen molar-refractivity contribution < 1.29 is 4.74 Å². The van der Waals surface area contributed by atoms with Crippen LogP contribution in [-0.2, 0) is 18.2 Å². The summed E-state index contributed by atoms with van der Waals surface area (Å²) in [5, 5.41) is 4.47. The molecule has 1 atom stereocenters. The van der Waals surface area contributed by atoms with Crippen LogP contribution in [0.3, 0.4) is 0 Å². The minimum absolute atomic E-state index is 0.135. The van der Waals surface area contributed by atoms with Crippen molar-refractivity contribution in [2.75, 3.05) is 7.11 Å². The molecule has 0 amide bonds. The molecule has 0 aliphatic rings. The van der Waals surface area contributed by atoms with Gasteiger partial charge >= 0.3 is 0 Å². The Morgan fingerprint density at radius 2 is 2.05 bits per heavy atom. The summed E-state index contributed by atoms with van der Waals surface area (Å²) in [5.74, 6) is 0. The second-order valence-corrected chi connectivity index (χ2v) is 5.07. The molecular weight excluding hydrogens is 236 g/mol. The van der Waals surface area contributed by atoms with Crippen molar-refractivity contribution in [2.24, 2.45) is 7.05 Å². The van der Waals surface area contributed by atoms with Crippen molar-refractivity contribution in [1.29, 1.82) is 0 Å². The van der Waals surface area contributed by atoms with Gasteiger partial charge in [0, 0.05) is 31.8 Å². The summed E-state index contributed by atoms with van der Waals surface area (Å²) in [6.07, 6.45) is 1.06. The van der Waals surface area contributed by atoms with Crippen LogP contribution in [0, 0.1) is 13.8 Å². The lowest BCUT2D eigenvalue weighted by molar-refractivity contribution is 0.119. The van der Waals surface area contributed by atoms with E-state index in [1.165, 1.54) is 22.4 Å². The van der Waals surface area contributed by atoms with Gasteiger partial charge in [0.05, 0.1) is 11.8 Å². The number of aryl methyl sites for hydroxylation is 2. The maximum Gasteiger partial charge on any atom is 0.0793 e. The zero-order valence-corrected chi connectivity index (χ0v) is 12.4. The molecule has 0 aliphatic carbocycles. The molecule has 3 nitrogen and oxygen atoms in total. The number of aromatic nitrogens is 2. The van der Waals surface area contributed by atoms with Crippen LogP contribution in [0.1, 0.15) is 41.1 Å². The van der Waals surface area contributed by atoms with Crippen LogP contribution in [0.4, 0.5) is 0 Å². The predicted molar refractivity (Wildman–Crippen MR) is 77.4 cm³/mol. The Labute approximate surface area is 115 Å². The van der Waals surface area contributed by atoms with E-state index in [1.54, 1.807) is 7.11 Å². The lowest BCUT2D eigenvalue weighted by Crippen LogP contribution is -1.98. The third-order valence-electron chi connectivity index (χ3n) is 3.81. The van der Waals surface area contributed by atoms with E-state index in [0.717, 1.165) is 12.1 Å². The molecule has 0 fully saturated rings. The summed E-state index contributed by atoms with van der Waals surface area (Å²) >= 11 is 0. The summed E-state index contributed by atoms with van der Waals surface area (Å²) in [7, 11) is 3.74. The van der Waals surface area contributed by atoms with E-state index in [4.69, 9.17) is 4.74 Å². The lowest BCUT2D eigenvalue weighted by atomic mass is 10.00. The molecule has 1 aromatic heterocycles. The van der Waals surface area contributed by atoms with E-state index >= 15 is 0 Å². The standard InChI is InChI=1S/C16H22N2O/c1-11-16(12(2)18(4)17-11)10-14-7-6-8-15(9-14)13(3)19-5/h6-9,13H,10H2,1-5H3. The summed E-state index contributed by atoms with van der Waals surface area (Å²) in [6, 6.07) is 8.60. The van der Waals surface area contributed by atoms with Crippen LogP contribution in [-0.4, -0.2) is 16.9 Å². The maximum absolute atomic E-state index is 5.38. The number of ether oxygens (including phenoxy) is 1. The minimum Gasteiger partial charge on any atom is -0.377 e. The first-order valence-electron chi connectivity index (χ1n) is 6.63.